The third-order valence-corrected chi connectivity index (χ3v) is 5.94. The van der Waals surface area contributed by atoms with E-state index in [0.717, 1.165) is 6.26 Å². The minimum atomic E-state index is -4.58. The van der Waals surface area contributed by atoms with Crippen LogP contribution in [-0.2, 0) is 20.4 Å². The van der Waals surface area contributed by atoms with Crippen LogP contribution < -0.4 is 10.0 Å². The highest BCUT2D eigenvalue weighted by atomic mass is 35.5. The number of sulfonamides is 1. The van der Waals surface area contributed by atoms with E-state index in [1.165, 1.54) is 0 Å². The molecule has 0 aliphatic rings. The zero-order chi connectivity index (χ0) is 23.7. The zero-order valence-corrected chi connectivity index (χ0v) is 18.8. The summed E-state index contributed by atoms with van der Waals surface area (Å²) in [5.74, 6) is -0.848. The standard InChI is InChI=1S/C21H21ClF3N3O3S/c1-3-20(14-7-9-15(22)10-8-14,19(29)26-13-21(23,24)25)28-12-11-16-17(27-32(2,30)31)5-4-6-18(16)28/h4-12,27H,3,13H2,1-2H3,(H,26,29). The summed E-state index contributed by atoms with van der Waals surface area (Å²) >= 11 is 5.99. The third-order valence-electron chi connectivity index (χ3n) is 5.10. The van der Waals surface area contributed by atoms with Gasteiger partial charge in [0.1, 0.15) is 12.1 Å². The number of amides is 1. The second-order valence-electron chi connectivity index (χ2n) is 7.32. The van der Waals surface area contributed by atoms with Crippen LogP contribution >= 0.6 is 11.6 Å². The van der Waals surface area contributed by atoms with Gasteiger partial charge < -0.3 is 9.88 Å². The van der Waals surface area contributed by atoms with Crippen molar-refractivity contribution in [2.75, 3.05) is 17.5 Å². The van der Waals surface area contributed by atoms with Gasteiger partial charge in [0, 0.05) is 16.6 Å². The minimum Gasteiger partial charge on any atom is -0.345 e. The molecular weight excluding hydrogens is 467 g/mol. The van der Waals surface area contributed by atoms with Crippen molar-refractivity contribution >= 4 is 44.1 Å². The first-order valence-electron chi connectivity index (χ1n) is 9.57. The van der Waals surface area contributed by atoms with Crippen molar-refractivity contribution in [2.45, 2.75) is 25.1 Å². The van der Waals surface area contributed by atoms with E-state index in [0.29, 0.717) is 27.2 Å². The van der Waals surface area contributed by atoms with Crippen molar-refractivity contribution in [3.63, 3.8) is 0 Å². The van der Waals surface area contributed by atoms with E-state index in [1.54, 1.807) is 66.2 Å². The highest BCUT2D eigenvalue weighted by molar-refractivity contribution is 7.92. The van der Waals surface area contributed by atoms with Crippen molar-refractivity contribution in [2.24, 2.45) is 0 Å². The van der Waals surface area contributed by atoms with Crippen LogP contribution in [0.4, 0.5) is 18.9 Å². The van der Waals surface area contributed by atoms with Gasteiger partial charge in [-0.2, -0.15) is 13.2 Å². The van der Waals surface area contributed by atoms with Crippen molar-refractivity contribution < 1.29 is 26.4 Å². The first-order valence-corrected chi connectivity index (χ1v) is 11.8. The lowest BCUT2D eigenvalue weighted by molar-refractivity contribution is -0.142. The van der Waals surface area contributed by atoms with Gasteiger partial charge >= 0.3 is 6.18 Å². The molecule has 1 atom stereocenters. The molecule has 2 aromatic carbocycles. The Bertz CT molecular complexity index is 1240. The number of anilines is 1. The molecule has 1 amide bonds. The quantitative estimate of drug-likeness (QED) is 0.515. The second-order valence-corrected chi connectivity index (χ2v) is 9.50. The molecule has 0 aliphatic heterocycles. The van der Waals surface area contributed by atoms with Crippen LogP contribution in [-0.4, -0.2) is 37.9 Å². The van der Waals surface area contributed by atoms with Crippen molar-refractivity contribution in [3.8, 4) is 0 Å². The number of nitrogens with zero attached hydrogens (tertiary/aromatic N) is 1. The van der Waals surface area contributed by atoms with E-state index in [9.17, 15) is 26.4 Å². The summed E-state index contributed by atoms with van der Waals surface area (Å²) in [5.41, 5.74) is -0.345. The normalized spacial score (nSPS) is 14.2. The van der Waals surface area contributed by atoms with Crippen LogP contribution in [0.2, 0.25) is 5.02 Å². The number of alkyl halides is 3. The van der Waals surface area contributed by atoms with Crippen molar-refractivity contribution in [3.05, 3.63) is 65.3 Å². The lowest BCUT2D eigenvalue weighted by Crippen LogP contribution is -2.51. The van der Waals surface area contributed by atoms with E-state index >= 15 is 0 Å². The number of nitrogens with one attached hydrogen (secondary N) is 2. The fraction of sp³-hybridized carbons (Fsp3) is 0.286. The maximum absolute atomic E-state index is 13.3. The first kappa shape index (κ1) is 23.9. The topological polar surface area (TPSA) is 80.2 Å². The molecule has 0 fully saturated rings. The summed E-state index contributed by atoms with van der Waals surface area (Å²) in [6.45, 7) is 0.202. The molecule has 2 N–H and O–H groups in total. The molecule has 0 bridgehead atoms. The Kier molecular flexibility index (Phi) is 6.48. The maximum atomic E-state index is 13.3. The Morgan fingerprint density at radius 3 is 2.31 bits per heavy atom. The monoisotopic (exact) mass is 487 g/mol. The van der Waals surface area contributed by atoms with E-state index in [4.69, 9.17) is 11.6 Å². The van der Waals surface area contributed by atoms with Crippen LogP contribution in [0, 0.1) is 0 Å². The summed E-state index contributed by atoms with van der Waals surface area (Å²) < 4.78 is 66.1. The van der Waals surface area contributed by atoms with Crippen LogP contribution in [0.3, 0.4) is 0 Å². The highest BCUT2D eigenvalue weighted by Gasteiger charge is 2.42. The molecule has 0 saturated carbocycles. The number of carbonyl (C=O) groups excluding carboxylic acids is 1. The second kappa shape index (κ2) is 8.67. The fourth-order valence-corrected chi connectivity index (χ4v) is 4.46. The molecule has 3 rings (SSSR count). The predicted octanol–water partition coefficient (Wildman–Crippen LogP) is 4.50. The van der Waals surface area contributed by atoms with Gasteiger partial charge in [-0.25, -0.2) is 8.42 Å². The van der Waals surface area contributed by atoms with Gasteiger partial charge in [0.05, 0.1) is 17.5 Å². The van der Waals surface area contributed by atoms with Crippen LogP contribution in [0.1, 0.15) is 18.9 Å². The zero-order valence-electron chi connectivity index (χ0n) is 17.2. The van der Waals surface area contributed by atoms with E-state index < -0.39 is 34.2 Å². The largest absolute Gasteiger partial charge is 0.405 e. The molecule has 3 aromatic rings. The van der Waals surface area contributed by atoms with E-state index in [-0.39, 0.29) is 6.42 Å². The average molecular weight is 488 g/mol. The third kappa shape index (κ3) is 4.86. The summed E-state index contributed by atoms with van der Waals surface area (Å²) in [6, 6.07) is 12.7. The number of fused-ring (bicyclic) bond motifs is 1. The smallest absolute Gasteiger partial charge is 0.345 e. The van der Waals surface area contributed by atoms with Gasteiger partial charge in [-0.3, -0.25) is 9.52 Å². The number of hydrogen-bond acceptors (Lipinski definition) is 3. The SMILES string of the molecule is CCC(C(=O)NCC(F)(F)F)(c1ccc(Cl)cc1)n1ccc2c(NS(C)(=O)=O)cccc21. The lowest BCUT2D eigenvalue weighted by atomic mass is 9.85. The van der Waals surface area contributed by atoms with Gasteiger partial charge in [0.15, 0.2) is 0 Å². The molecule has 0 spiro atoms. The molecule has 172 valence electrons. The number of benzene rings is 2. The maximum Gasteiger partial charge on any atom is 0.405 e. The Morgan fingerprint density at radius 1 is 1.09 bits per heavy atom. The van der Waals surface area contributed by atoms with Gasteiger partial charge in [0.2, 0.25) is 10.0 Å². The Balaban J connectivity index is 2.23. The molecule has 32 heavy (non-hydrogen) atoms. The predicted molar refractivity (Wildman–Crippen MR) is 118 cm³/mol. The molecule has 11 heteroatoms. The summed E-state index contributed by atoms with van der Waals surface area (Å²) in [7, 11) is -3.58. The lowest BCUT2D eigenvalue weighted by Gasteiger charge is -2.35. The van der Waals surface area contributed by atoms with Crippen LogP contribution in [0.25, 0.3) is 10.9 Å². The number of aromatic nitrogens is 1. The van der Waals surface area contributed by atoms with E-state index in [1.807, 2.05) is 5.32 Å². The first-order chi connectivity index (χ1) is 14.9. The molecule has 6 nitrogen and oxygen atoms in total. The Morgan fingerprint density at radius 2 is 1.75 bits per heavy atom. The van der Waals surface area contributed by atoms with Crippen LogP contribution in [0.5, 0.6) is 0 Å². The van der Waals surface area contributed by atoms with Gasteiger partial charge in [-0.05, 0) is 42.3 Å². The molecule has 0 aliphatic carbocycles. The van der Waals surface area contributed by atoms with Gasteiger partial charge in [-0.1, -0.05) is 36.7 Å². The van der Waals surface area contributed by atoms with Crippen molar-refractivity contribution in [1.29, 1.82) is 0 Å². The van der Waals surface area contributed by atoms with Crippen LogP contribution in [0.15, 0.2) is 54.7 Å². The van der Waals surface area contributed by atoms with E-state index in [2.05, 4.69) is 4.72 Å². The minimum absolute atomic E-state index is 0.117. The molecule has 0 radical (unpaired) electrons. The average Bonchev–Trinajstić information content (AvgIpc) is 3.13. The summed E-state index contributed by atoms with van der Waals surface area (Å²) in [6.07, 6.45) is -1.90. The number of hydrogen-bond donors (Lipinski definition) is 2. The summed E-state index contributed by atoms with van der Waals surface area (Å²) in [5, 5.41) is 2.91. The molecule has 1 unspecified atom stereocenters. The van der Waals surface area contributed by atoms with Gasteiger partial charge in [0.25, 0.3) is 5.91 Å². The number of halogens is 4. The Hall–Kier alpha value is -2.72. The number of rotatable bonds is 7. The fourth-order valence-electron chi connectivity index (χ4n) is 3.76. The molecule has 0 saturated heterocycles. The number of carbonyl (C=O) groups is 1. The molecule has 1 heterocycles. The van der Waals surface area contributed by atoms with Gasteiger partial charge in [-0.15, -0.1) is 0 Å². The molecular formula is C21H21ClF3N3O3S. The highest BCUT2D eigenvalue weighted by Crippen LogP contribution is 2.37. The van der Waals surface area contributed by atoms with Crippen molar-refractivity contribution in [1.82, 2.24) is 9.88 Å². The summed E-state index contributed by atoms with van der Waals surface area (Å²) in [4.78, 5) is 13.3. The molecule has 1 aromatic heterocycles. The Labute approximate surface area is 188 Å².